The SMILES string of the molecule is O=C(Nc1ccc2c(c1)OCO2)c1nn(Cc2ccccc2)c2ccccc12. The second kappa shape index (κ2) is 6.74. The van der Waals surface area contributed by atoms with E-state index in [9.17, 15) is 4.79 Å². The van der Waals surface area contributed by atoms with Gasteiger partial charge in [0.05, 0.1) is 12.1 Å². The maximum atomic E-state index is 12.9. The minimum atomic E-state index is -0.262. The molecule has 0 spiro atoms. The Balaban J connectivity index is 1.47. The molecular weight excluding hydrogens is 354 g/mol. The molecule has 0 bridgehead atoms. The van der Waals surface area contributed by atoms with E-state index in [0.29, 0.717) is 29.4 Å². The third kappa shape index (κ3) is 2.95. The first-order valence-corrected chi connectivity index (χ1v) is 8.98. The fourth-order valence-electron chi connectivity index (χ4n) is 3.34. The lowest BCUT2D eigenvalue weighted by Crippen LogP contribution is -2.13. The number of nitrogens with one attached hydrogen (secondary N) is 1. The minimum absolute atomic E-state index is 0.196. The van der Waals surface area contributed by atoms with Gasteiger partial charge in [-0.1, -0.05) is 48.5 Å². The lowest BCUT2D eigenvalue weighted by atomic mass is 10.2. The molecular formula is C22H17N3O3. The molecule has 4 aromatic rings. The molecule has 1 aromatic heterocycles. The summed E-state index contributed by atoms with van der Waals surface area (Å²) in [6, 6.07) is 23.1. The molecule has 1 aliphatic heterocycles. The number of nitrogens with zero attached hydrogens (tertiary/aromatic N) is 2. The summed E-state index contributed by atoms with van der Waals surface area (Å²) in [5.74, 6) is 1.04. The van der Waals surface area contributed by atoms with Crippen molar-refractivity contribution in [2.24, 2.45) is 0 Å². The zero-order valence-corrected chi connectivity index (χ0v) is 15.0. The van der Waals surface area contributed by atoms with Gasteiger partial charge in [0.1, 0.15) is 0 Å². The Labute approximate surface area is 161 Å². The zero-order valence-electron chi connectivity index (χ0n) is 15.0. The molecule has 6 heteroatoms. The first kappa shape index (κ1) is 16.4. The number of benzene rings is 3. The van der Waals surface area contributed by atoms with Crippen LogP contribution in [0, 0.1) is 0 Å². The predicted molar refractivity (Wildman–Crippen MR) is 106 cm³/mol. The maximum absolute atomic E-state index is 12.9. The Morgan fingerprint density at radius 1 is 0.964 bits per heavy atom. The van der Waals surface area contributed by atoms with E-state index in [-0.39, 0.29) is 12.7 Å². The molecule has 0 saturated carbocycles. The monoisotopic (exact) mass is 371 g/mol. The highest BCUT2D eigenvalue weighted by molar-refractivity contribution is 6.11. The molecule has 2 heterocycles. The van der Waals surface area contributed by atoms with E-state index in [2.05, 4.69) is 10.4 Å². The molecule has 0 saturated heterocycles. The summed E-state index contributed by atoms with van der Waals surface area (Å²) in [6.07, 6.45) is 0. The van der Waals surface area contributed by atoms with Crippen LogP contribution in [0.5, 0.6) is 11.5 Å². The summed E-state index contributed by atoms with van der Waals surface area (Å²) in [6.45, 7) is 0.792. The van der Waals surface area contributed by atoms with E-state index < -0.39 is 0 Å². The van der Waals surface area contributed by atoms with Gasteiger partial charge in [-0.15, -0.1) is 0 Å². The highest BCUT2D eigenvalue weighted by Crippen LogP contribution is 2.34. The van der Waals surface area contributed by atoms with Crippen LogP contribution in [-0.2, 0) is 6.54 Å². The van der Waals surface area contributed by atoms with Gasteiger partial charge in [-0.05, 0) is 23.8 Å². The van der Waals surface area contributed by atoms with E-state index >= 15 is 0 Å². The average molecular weight is 371 g/mol. The fourth-order valence-corrected chi connectivity index (χ4v) is 3.34. The molecule has 1 amide bonds. The van der Waals surface area contributed by atoms with Crippen LogP contribution in [0.1, 0.15) is 16.1 Å². The molecule has 0 unspecified atom stereocenters. The van der Waals surface area contributed by atoms with Crippen molar-refractivity contribution in [3.05, 3.63) is 84.1 Å². The molecule has 0 radical (unpaired) electrons. The molecule has 28 heavy (non-hydrogen) atoms. The largest absolute Gasteiger partial charge is 0.454 e. The van der Waals surface area contributed by atoms with Crippen LogP contribution in [0.15, 0.2) is 72.8 Å². The van der Waals surface area contributed by atoms with Crippen LogP contribution in [0.2, 0.25) is 0 Å². The number of hydrogen-bond donors (Lipinski definition) is 1. The van der Waals surface area contributed by atoms with Crippen LogP contribution in [0.25, 0.3) is 10.9 Å². The van der Waals surface area contributed by atoms with Gasteiger partial charge >= 0.3 is 0 Å². The van der Waals surface area contributed by atoms with Crippen LogP contribution < -0.4 is 14.8 Å². The lowest BCUT2D eigenvalue weighted by Gasteiger charge is -2.05. The van der Waals surface area contributed by atoms with Gasteiger partial charge in [0.15, 0.2) is 17.2 Å². The third-order valence-corrected chi connectivity index (χ3v) is 4.68. The first-order chi connectivity index (χ1) is 13.8. The molecule has 138 valence electrons. The standard InChI is InChI=1S/C22H17N3O3/c26-22(23-16-10-11-19-20(12-16)28-14-27-19)21-17-8-4-5-9-18(17)25(24-21)13-15-6-2-1-3-7-15/h1-12H,13-14H2,(H,23,26). The zero-order chi connectivity index (χ0) is 18.9. The lowest BCUT2D eigenvalue weighted by molar-refractivity contribution is 0.102. The summed E-state index contributed by atoms with van der Waals surface area (Å²) in [7, 11) is 0. The number of carbonyl (C=O) groups is 1. The van der Waals surface area contributed by atoms with E-state index in [1.165, 1.54) is 0 Å². The number of carbonyl (C=O) groups excluding carboxylic acids is 1. The first-order valence-electron chi connectivity index (χ1n) is 8.98. The highest BCUT2D eigenvalue weighted by Gasteiger charge is 2.19. The minimum Gasteiger partial charge on any atom is -0.454 e. The van der Waals surface area contributed by atoms with E-state index in [4.69, 9.17) is 9.47 Å². The number of para-hydroxylation sites is 1. The van der Waals surface area contributed by atoms with Crippen LogP contribution in [0.3, 0.4) is 0 Å². The second-order valence-electron chi connectivity index (χ2n) is 6.53. The summed E-state index contributed by atoms with van der Waals surface area (Å²) in [5, 5.41) is 8.33. The quantitative estimate of drug-likeness (QED) is 0.587. The molecule has 1 aliphatic rings. The van der Waals surface area contributed by atoms with Crippen molar-refractivity contribution in [3.63, 3.8) is 0 Å². The van der Waals surface area contributed by atoms with Crippen molar-refractivity contribution in [2.45, 2.75) is 6.54 Å². The molecule has 1 N–H and O–H groups in total. The molecule has 3 aromatic carbocycles. The predicted octanol–water partition coefficient (Wildman–Crippen LogP) is 4.07. The topological polar surface area (TPSA) is 65.4 Å². The molecule has 0 aliphatic carbocycles. The van der Waals surface area contributed by atoms with Gasteiger partial charge in [0.25, 0.3) is 5.91 Å². The molecule has 0 fully saturated rings. The van der Waals surface area contributed by atoms with Crippen molar-refractivity contribution in [3.8, 4) is 11.5 Å². The van der Waals surface area contributed by atoms with E-state index in [0.717, 1.165) is 16.5 Å². The normalized spacial score (nSPS) is 12.3. The Morgan fingerprint density at radius 2 is 1.75 bits per heavy atom. The molecule has 6 nitrogen and oxygen atoms in total. The number of amides is 1. The number of hydrogen-bond acceptors (Lipinski definition) is 4. The average Bonchev–Trinajstić information content (AvgIpc) is 3.33. The molecule has 5 rings (SSSR count). The summed E-state index contributed by atoms with van der Waals surface area (Å²) >= 11 is 0. The number of fused-ring (bicyclic) bond motifs is 2. The molecule has 0 atom stereocenters. The van der Waals surface area contributed by atoms with Crippen molar-refractivity contribution in [1.29, 1.82) is 0 Å². The number of aromatic nitrogens is 2. The van der Waals surface area contributed by atoms with Gasteiger partial charge in [-0.2, -0.15) is 5.10 Å². The highest BCUT2D eigenvalue weighted by atomic mass is 16.7. The Bertz CT molecular complexity index is 1170. The Morgan fingerprint density at radius 3 is 2.64 bits per heavy atom. The van der Waals surface area contributed by atoms with Crippen LogP contribution in [0.4, 0.5) is 5.69 Å². The second-order valence-corrected chi connectivity index (χ2v) is 6.53. The Hall–Kier alpha value is -3.80. The van der Waals surface area contributed by atoms with Gasteiger partial charge in [-0.3, -0.25) is 9.48 Å². The summed E-state index contributed by atoms with van der Waals surface area (Å²) in [5.41, 5.74) is 3.07. The third-order valence-electron chi connectivity index (χ3n) is 4.68. The number of rotatable bonds is 4. The number of anilines is 1. The fraction of sp³-hybridized carbons (Fsp3) is 0.0909. The summed E-state index contributed by atoms with van der Waals surface area (Å²) in [4.78, 5) is 12.9. The number of ether oxygens (including phenoxy) is 2. The van der Waals surface area contributed by atoms with E-state index in [1.807, 2.05) is 59.3 Å². The van der Waals surface area contributed by atoms with Crippen molar-refractivity contribution in [1.82, 2.24) is 9.78 Å². The van der Waals surface area contributed by atoms with Gasteiger partial charge in [-0.25, -0.2) is 0 Å². The maximum Gasteiger partial charge on any atom is 0.276 e. The van der Waals surface area contributed by atoms with Gasteiger partial charge in [0.2, 0.25) is 6.79 Å². The van der Waals surface area contributed by atoms with Crippen LogP contribution in [-0.4, -0.2) is 22.5 Å². The van der Waals surface area contributed by atoms with Crippen molar-refractivity contribution in [2.75, 3.05) is 12.1 Å². The van der Waals surface area contributed by atoms with Gasteiger partial charge < -0.3 is 14.8 Å². The Kier molecular flexibility index (Phi) is 3.94. The smallest absolute Gasteiger partial charge is 0.276 e. The van der Waals surface area contributed by atoms with Crippen molar-refractivity contribution < 1.29 is 14.3 Å². The summed E-state index contributed by atoms with van der Waals surface area (Å²) < 4.78 is 12.5. The van der Waals surface area contributed by atoms with Gasteiger partial charge in [0, 0.05) is 17.1 Å². The van der Waals surface area contributed by atoms with Crippen molar-refractivity contribution >= 4 is 22.5 Å². The van der Waals surface area contributed by atoms with E-state index in [1.54, 1.807) is 18.2 Å². The van der Waals surface area contributed by atoms with Crippen LogP contribution >= 0.6 is 0 Å².